The van der Waals surface area contributed by atoms with Gasteiger partial charge in [-0.1, -0.05) is 29.5 Å². The van der Waals surface area contributed by atoms with E-state index in [0.717, 1.165) is 15.9 Å². The van der Waals surface area contributed by atoms with Crippen LogP contribution in [-0.4, -0.2) is 26.6 Å². The van der Waals surface area contributed by atoms with Gasteiger partial charge in [0.25, 0.3) is 5.91 Å². The van der Waals surface area contributed by atoms with Crippen molar-refractivity contribution in [3.05, 3.63) is 66.0 Å². The lowest BCUT2D eigenvalue weighted by Crippen LogP contribution is -2.12. The molecule has 4 rings (SSSR count). The first kappa shape index (κ1) is 17.9. The molecule has 0 aliphatic carbocycles. The van der Waals surface area contributed by atoms with Gasteiger partial charge in [-0.25, -0.2) is 9.67 Å². The summed E-state index contributed by atoms with van der Waals surface area (Å²) in [5, 5.41) is 10.5. The molecular formula is C20H17N5O2S. The van der Waals surface area contributed by atoms with Gasteiger partial charge in [0.15, 0.2) is 5.13 Å². The summed E-state index contributed by atoms with van der Waals surface area (Å²) in [6.45, 7) is 3.25. The molecule has 0 radical (unpaired) electrons. The van der Waals surface area contributed by atoms with Crippen LogP contribution >= 0.6 is 11.3 Å². The fraction of sp³-hybridized carbons (Fsp3) is 0.100. The molecule has 2 aromatic heterocycles. The van der Waals surface area contributed by atoms with E-state index in [1.807, 2.05) is 42.5 Å². The van der Waals surface area contributed by atoms with Crippen molar-refractivity contribution >= 4 is 44.2 Å². The van der Waals surface area contributed by atoms with Gasteiger partial charge < -0.3 is 10.6 Å². The average Bonchev–Trinajstić information content (AvgIpc) is 3.24. The first-order valence-electron chi connectivity index (χ1n) is 8.61. The number of anilines is 2. The zero-order valence-corrected chi connectivity index (χ0v) is 16.1. The Balaban J connectivity index is 1.56. The Kier molecular flexibility index (Phi) is 4.62. The number of fused-ring (bicyclic) bond motifs is 1. The van der Waals surface area contributed by atoms with Gasteiger partial charge in [-0.15, -0.1) is 0 Å². The first-order chi connectivity index (χ1) is 13.5. The highest BCUT2D eigenvalue weighted by Gasteiger charge is 2.15. The number of carbonyl (C=O) groups excluding carboxylic acids is 2. The molecule has 2 amide bonds. The SMILES string of the molecule is CC(=O)Nc1nc2ccc(NC(=O)c3cn(-c4ccccc4)nc3C)cc2s1. The number of thiazole rings is 1. The number of para-hydroxylation sites is 1. The summed E-state index contributed by atoms with van der Waals surface area (Å²) in [6, 6.07) is 15.1. The normalized spacial score (nSPS) is 10.8. The van der Waals surface area contributed by atoms with Crippen LogP contribution in [0.2, 0.25) is 0 Å². The molecule has 0 spiro atoms. The van der Waals surface area contributed by atoms with Crippen molar-refractivity contribution in [2.45, 2.75) is 13.8 Å². The molecule has 2 heterocycles. The Labute approximate surface area is 165 Å². The number of aromatic nitrogens is 3. The number of nitrogens with zero attached hydrogens (tertiary/aromatic N) is 3. The topological polar surface area (TPSA) is 88.9 Å². The fourth-order valence-corrected chi connectivity index (χ4v) is 3.75. The highest BCUT2D eigenvalue weighted by Crippen LogP contribution is 2.28. The van der Waals surface area contributed by atoms with Gasteiger partial charge >= 0.3 is 0 Å². The molecular weight excluding hydrogens is 374 g/mol. The van der Waals surface area contributed by atoms with Crippen molar-refractivity contribution in [3.63, 3.8) is 0 Å². The maximum absolute atomic E-state index is 12.7. The van der Waals surface area contributed by atoms with Crippen LogP contribution < -0.4 is 10.6 Å². The van der Waals surface area contributed by atoms with Gasteiger partial charge in [-0.3, -0.25) is 9.59 Å². The smallest absolute Gasteiger partial charge is 0.259 e. The molecule has 0 saturated carbocycles. The second-order valence-corrected chi connectivity index (χ2v) is 7.28. The second kappa shape index (κ2) is 7.24. The number of benzene rings is 2. The minimum absolute atomic E-state index is 0.168. The minimum Gasteiger partial charge on any atom is -0.322 e. The van der Waals surface area contributed by atoms with E-state index in [0.29, 0.717) is 22.1 Å². The number of nitrogens with one attached hydrogen (secondary N) is 2. The maximum Gasteiger partial charge on any atom is 0.259 e. The van der Waals surface area contributed by atoms with Crippen LogP contribution in [0.5, 0.6) is 0 Å². The Morgan fingerprint density at radius 1 is 1.07 bits per heavy atom. The molecule has 0 aliphatic heterocycles. The standard InChI is InChI=1S/C20H17N5O2S/c1-12-16(11-25(24-12)15-6-4-3-5-7-15)19(27)22-14-8-9-17-18(10-14)28-20(23-17)21-13(2)26/h3-11H,1-2H3,(H,22,27)(H,21,23,26). The lowest BCUT2D eigenvalue weighted by atomic mass is 10.2. The number of hydrogen-bond donors (Lipinski definition) is 2. The molecule has 0 fully saturated rings. The molecule has 28 heavy (non-hydrogen) atoms. The van der Waals surface area contributed by atoms with E-state index in [1.165, 1.54) is 18.3 Å². The summed E-state index contributed by atoms with van der Waals surface area (Å²) in [5.74, 6) is -0.399. The molecule has 2 N–H and O–H groups in total. The third kappa shape index (κ3) is 3.63. The first-order valence-corrected chi connectivity index (χ1v) is 9.42. The van der Waals surface area contributed by atoms with Gasteiger partial charge in [-0.2, -0.15) is 5.10 Å². The van der Waals surface area contributed by atoms with Crippen molar-refractivity contribution in [3.8, 4) is 5.69 Å². The quantitative estimate of drug-likeness (QED) is 0.550. The molecule has 0 unspecified atom stereocenters. The van der Waals surface area contributed by atoms with Gasteiger partial charge in [0, 0.05) is 18.8 Å². The van der Waals surface area contributed by atoms with Gasteiger partial charge in [0.05, 0.1) is 27.2 Å². The summed E-state index contributed by atoms with van der Waals surface area (Å²) in [4.78, 5) is 28.3. The summed E-state index contributed by atoms with van der Waals surface area (Å²) in [5.41, 5.74) is 3.46. The maximum atomic E-state index is 12.7. The molecule has 0 bridgehead atoms. The zero-order valence-electron chi connectivity index (χ0n) is 15.3. The Morgan fingerprint density at radius 2 is 1.86 bits per heavy atom. The monoisotopic (exact) mass is 391 g/mol. The van der Waals surface area contributed by atoms with Crippen LogP contribution in [0.15, 0.2) is 54.7 Å². The summed E-state index contributed by atoms with van der Waals surface area (Å²) >= 11 is 1.36. The molecule has 4 aromatic rings. The molecule has 0 atom stereocenters. The Bertz CT molecular complexity index is 1180. The summed E-state index contributed by atoms with van der Waals surface area (Å²) in [7, 11) is 0. The van der Waals surface area contributed by atoms with Crippen LogP contribution in [0.25, 0.3) is 15.9 Å². The van der Waals surface area contributed by atoms with Crippen molar-refractivity contribution in [1.29, 1.82) is 0 Å². The predicted molar refractivity (Wildman–Crippen MR) is 110 cm³/mol. The van der Waals surface area contributed by atoms with E-state index in [9.17, 15) is 9.59 Å². The van der Waals surface area contributed by atoms with Crippen LogP contribution in [-0.2, 0) is 4.79 Å². The van der Waals surface area contributed by atoms with E-state index >= 15 is 0 Å². The number of carbonyl (C=O) groups is 2. The van der Waals surface area contributed by atoms with E-state index in [4.69, 9.17) is 0 Å². The Morgan fingerprint density at radius 3 is 2.61 bits per heavy atom. The average molecular weight is 391 g/mol. The lowest BCUT2D eigenvalue weighted by molar-refractivity contribution is -0.114. The largest absolute Gasteiger partial charge is 0.322 e. The van der Waals surface area contributed by atoms with E-state index in [1.54, 1.807) is 23.9 Å². The molecule has 8 heteroatoms. The molecule has 0 aliphatic rings. The molecule has 2 aromatic carbocycles. The van der Waals surface area contributed by atoms with Crippen molar-refractivity contribution < 1.29 is 9.59 Å². The van der Waals surface area contributed by atoms with Crippen molar-refractivity contribution in [2.75, 3.05) is 10.6 Å². The predicted octanol–water partition coefficient (Wildman–Crippen LogP) is 4.00. The minimum atomic E-state index is -0.231. The van der Waals surface area contributed by atoms with E-state index < -0.39 is 0 Å². The lowest BCUT2D eigenvalue weighted by Gasteiger charge is -2.04. The second-order valence-electron chi connectivity index (χ2n) is 6.25. The van der Waals surface area contributed by atoms with Gasteiger partial charge in [0.2, 0.25) is 5.91 Å². The van der Waals surface area contributed by atoms with Crippen LogP contribution in [0.4, 0.5) is 10.8 Å². The zero-order chi connectivity index (χ0) is 19.7. The number of amides is 2. The third-order valence-corrected chi connectivity index (χ3v) is 5.03. The van der Waals surface area contributed by atoms with Gasteiger partial charge in [-0.05, 0) is 37.3 Å². The van der Waals surface area contributed by atoms with Crippen LogP contribution in [0.3, 0.4) is 0 Å². The molecule has 7 nitrogen and oxygen atoms in total. The van der Waals surface area contributed by atoms with E-state index in [2.05, 4.69) is 20.7 Å². The summed E-state index contributed by atoms with van der Waals surface area (Å²) < 4.78 is 2.56. The Hall–Kier alpha value is -3.52. The number of rotatable bonds is 4. The highest BCUT2D eigenvalue weighted by atomic mass is 32.1. The third-order valence-electron chi connectivity index (χ3n) is 4.09. The highest BCUT2D eigenvalue weighted by molar-refractivity contribution is 7.22. The molecule has 140 valence electrons. The number of aryl methyl sites for hydroxylation is 1. The number of hydrogen-bond acceptors (Lipinski definition) is 5. The van der Waals surface area contributed by atoms with Crippen LogP contribution in [0, 0.1) is 6.92 Å². The molecule has 0 saturated heterocycles. The summed E-state index contributed by atoms with van der Waals surface area (Å²) in [6.07, 6.45) is 1.72. The van der Waals surface area contributed by atoms with Crippen molar-refractivity contribution in [2.24, 2.45) is 0 Å². The fourth-order valence-electron chi connectivity index (χ4n) is 2.80. The van der Waals surface area contributed by atoms with Crippen LogP contribution in [0.1, 0.15) is 23.0 Å². The van der Waals surface area contributed by atoms with Gasteiger partial charge in [0.1, 0.15) is 0 Å². The van der Waals surface area contributed by atoms with Crippen molar-refractivity contribution in [1.82, 2.24) is 14.8 Å². The van der Waals surface area contributed by atoms with E-state index in [-0.39, 0.29) is 11.8 Å².